The second-order valence-electron chi connectivity index (χ2n) is 7.24. The summed E-state index contributed by atoms with van der Waals surface area (Å²) in [6, 6.07) is 6.37. The number of H-pyrrole nitrogens is 1. The molecule has 10 nitrogen and oxygen atoms in total. The molecule has 1 fully saturated rings. The molecule has 1 amide bonds. The van der Waals surface area contributed by atoms with Gasteiger partial charge in [0, 0.05) is 17.8 Å². The first-order valence-electron chi connectivity index (χ1n) is 9.82. The Morgan fingerprint density at radius 1 is 1.17 bits per heavy atom. The fourth-order valence-electron chi connectivity index (χ4n) is 3.53. The highest BCUT2D eigenvalue weighted by atomic mass is 16.5. The van der Waals surface area contributed by atoms with Gasteiger partial charge in [0.25, 0.3) is 11.5 Å². The number of carbonyl (C=O) groups is 1. The van der Waals surface area contributed by atoms with Crippen LogP contribution in [0.4, 0.5) is 0 Å². The van der Waals surface area contributed by atoms with Crippen molar-refractivity contribution < 1.29 is 19.7 Å². The molecule has 10 heteroatoms. The van der Waals surface area contributed by atoms with Gasteiger partial charge in [-0.05, 0) is 50.1 Å². The first-order valence-corrected chi connectivity index (χ1v) is 9.82. The van der Waals surface area contributed by atoms with E-state index in [1.54, 1.807) is 24.3 Å². The first-order chi connectivity index (χ1) is 14.4. The van der Waals surface area contributed by atoms with Crippen LogP contribution < -0.4 is 27.0 Å². The van der Waals surface area contributed by atoms with Crippen LogP contribution in [0.1, 0.15) is 35.7 Å². The Balaban J connectivity index is 1.62. The van der Waals surface area contributed by atoms with Gasteiger partial charge in [-0.25, -0.2) is 4.79 Å². The highest BCUT2D eigenvalue weighted by Crippen LogP contribution is 2.28. The van der Waals surface area contributed by atoms with Crippen molar-refractivity contribution in [2.75, 3.05) is 13.2 Å². The van der Waals surface area contributed by atoms with Gasteiger partial charge < -0.3 is 26.0 Å². The number of hydrogen-bond donors (Lipinski definition) is 5. The van der Waals surface area contributed by atoms with Crippen molar-refractivity contribution in [3.8, 4) is 5.75 Å². The van der Waals surface area contributed by atoms with Gasteiger partial charge in [-0.2, -0.15) is 0 Å². The van der Waals surface area contributed by atoms with Crippen LogP contribution in [-0.2, 0) is 0 Å². The Morgan fingerprint density at radius 3 is 2.57 bits per heavy atom. The molecule has 0 radical (unpaired) electrons. The zero-order chi connectivity index (χ0) is 21.7. The van der Waals surface area contributed by atoms with Crippen LogP contribution in [-0.4, -0.2) is 57.1 Å². The molecule has 30 heavy (non-hydrogen) atoms. The maximum absolute atomic E-state index is 12.5. The molecule has 3 rings (SSSR count). The van der Waals surface area contributed by atoms with Gasteiger partial charge in [0.2, 0.25) is 0 Å². The Bertz CT molecular complexity index is 970. The van der Waals surface area contributed by atoms with Crippen LogP contribution in [0.3, 0.4) is 0 Å². The number of aliphatic hydroxyl groups is 2. The molecule has 0 spiro atoms. The van der Waals surface area contributed by atoms with E-state index in [1.165, 1.54) is 16.8 Å². The molecule has 1 aliphatic carbocycles. The third kappa shape index (κ3) is 4.96. The number of amides is 1. The van der Waals surface area contributed by atoms with E-state index in [4.69, 9.17) is 10.5 Å². The van der Waals surface area contributed by atoms with Gasteiger partial charge in [0.05, 0.1) is 18.7 Å². The van der Waals surface area contributed by atoms with Gasteiger partial charge >= 0.3 is 5.69 Å². The predicted octanol–water partition coefficient (Wildman–Crippen LogP) is -0.880. The maximum Gasteiger partial charge on any atom is 0.328 e. The topological polar surface area (TPSA) is 160 Å². The van der Waals surface area contributed by atoms with E-state index in [0.717, 1.165) is 6.42 Å². The van der Waals surface area contributed by atoms with E-state index in [9.17, 15) is 24.6 Å². The summed E-state index contributed by atoms with van der Waals surface area (Å²) in [7, 11) is 0. The summed E-state index contributed by atoms with van der Waals surface area (Å²) in [4.78, 5) is 37.9. The minimum atomic E-state index is -1.29. The smallest absolute Gasteiger partial charge is 0.328 e. The van der Waals surface area contributed by atoms with E-state index in [-0.39, 0.29) is 5.91 Å². The number of benzene rings is 1. The third-order valence-electron chi connectivity index (χ3n) is 5.19. The molecule has 1 heterocycles. The van der Waals surface area contributed by atoms with Crippen molar-refractivity contribution >= 4 is 5.91 Å². The van der Waals surface area contributed by atoms with Crippen molar-refractivity contribution in [2.45, 2.75) is 43.6 Å². The lowest BCUT2D eigenvalue weighted by atomic mass is 9.85. The standard InChI is InChI=1S/C20H26N4O6/c21-9-1-11-30-13-4-2-12(3-5-13)19(28)22-14-6-7-15(18(27)17(14)26)24-10-8-16(25)23-20(24)29/h2-5,8,10,14-15,17-18,26-27H,1,6-7,9,11,21H2,(H,22,28)(H,23,25,29)/t14-,15-,17-,18+/m1/s1. The highest BCUT2D eigenvalue weighted by molar-refractivity contribution is 5.94. The lowest BCUT2D eigenvalue weighted by molar-refractivity contribution is -0.0570. The number of nitrogens with zero attached hydrogens (tertiary/aromatic N) is 1. The van der Waals surface area contributed by atoms with Gasteiger partial charge in [0.15, 0.2) is 0 Å². The molecule has 1 aromatic carbocycles. The normalized spacial score (nSPS) is 23.7. The third-order valence-corrected chi connectivity index (χ3v) is 5.19. The van der Waals surface area contributed by atoms with Crippen LogP contribution >= 0.6 is 0 Å². The molecule has 0 saturated heterocycles. The Hall–Kier alpha value is -2.95. The number of carbonyl (C=O) groups excluding carboxylic acids is 1. The number of aromatic amines is 1. The van der Waals surface area contributed by atoms with Crippen molar-refractivity contribution in [3.63, 3.8) is 0 Å². The summed E-state index contributed by atoms with van der Waals surface area (Å²) in [6.45, 7) is 1.03. The van der Waals surface area contributed by atoms with Crippen LogP contribution in [0, 0.1) is 0 Å². The number of aromatic nitrogens is 2. The SMILES string of the molecule is NCCCOc1ccc(C(=O)N[C@@H]2CC[C@@H](n3ccc(=O)[nH]c3=O)[C@H](O)[C@@H]2O)cc1. The minimum absolute atomic E-state index is 0.336. The molecule has 6 N–H and O–H groups in total. The van der Waals surface area contributed by atoms with Crippen LogP contribution in [0.5, 0.6) is 5.75 Å². The summed E-state index contributed by atoms with van der Waals surface area (Å²) < 4.78 is 6.69. The molecule has 0 bridgehead atoms. The van der Waals surface area contributed by atoms with Crippen LogP contribution in [0.2, 0.25) is 0 Å². The molecule has 2 aromatic rings. The van der Waals surface area contributed by atoms with E-state index in [0.29, 0.717) is 37.3 Å². The summed E-state index contributed by atoms with van der Waals surface area (Å²) in [6.07, 6.45) is 0.147. The molecule has 0 unspecified atom stereocenters. The fourth-order valence-corrected chi connectivity index (χ4v) is 3.53. The largest absolute Gasteiger partial charge is 0.494 e. The van der Waals surface area contributed by atoms with Gasteiger partial charge in [-0.1, -0.05) is 0 Å². The van der Waals surface area contributed by atoms with E-state index >= 15 is 0 Å². The molecule has 0 aliphatic heterocycles. The number of ether oxygens (including phenoxy) is 1. The lowest BCUT2D eigenvalue weighted by Crippen LogP contribution is -2.55. The molecule has 162 valence electrons. The quantitative estimate of drug-likeness (QED) is 0.365. The predicted molar refractivity (Wildman–Crippen MR) is 108 cm³/mol. The van der Waals surface area contributed by atoms with Crippen molar-refractivity contribution in [3.05, 3.63) is 62.9 Å². The summed E-state index contributed by atoms with van der Waals surface area (Å²) in [5.41, 5.74) is 4.61. The van der Waals surface area contributed by atoms with Gasteiger partial charge in [0.1, 0.15) is 18.0 Å². The zero-order valence-electron chi connectivity index (χ0n) is 16.4. The van der Waals surface area contributed by atoms with E-state index in [1.807, 2.05) is 0 Å². The molecule has 4 atom stereocenters. The summed E-state index contributed by atoms with van der Waals surface area (Å²) in [5, 5.41) is 23.7. The monoisotopic (exact) mass is 418 g/mol. The number of aliphatic hydroxyl groups excluding tert-OH is 2. The van der Waals surface area contributed by atoms with Crippen molar-refractivity contribution in [1.82, 2.24) is 14.9 Å². The molecule has 1 saturated carbocycles. The fraction of sp³-hybridized carbons (Fsp3) is 0.450. The van der Waals surface area contributed by atoms with Gasteiger partial charge in [-0.15, -0.1) is 0 Å². The van der Waals surface area contributed by atoms with Gasteiger partial charge in [-0.3, -0.25) is 19.1 Å². The summed E-state index contributed by atoms with van der Waals surface area (Å²) >= 11 is 0. The van der Waals surface area contributed by atoms with Crippen molar-refractivity contribution in [1.29, 1.82) is 0 Å². The number of rotatable bonds is 7. The van der Waals surface area contributed by atoms with Crippen LogP contribution in [0.25, 0.3) is 0 Å². The summed E-state index contributed by atoms with van der Waals surface area (Å²) in [5.74, 6) is 0.238. The molecular weight excluding hydrogens is 392 g/mol. The average molecular weight is 418 g/mol. The second-order valence-corrected chi connectivity index (χ2v) is 7.24. The zero-order valence-corrected chi connectivity index (χ0v) is 16.4. The van der Waals surface area contributed by atoms with Crippen molar-refractivity contribution in [2.24, 2.45) is 5.73 Å². The Labute approximate surface area is 172 Å². The number of nitrogens with one attached hydrogen (secondary N) is 2. The van der Waals surface area contributed by atoms with E-state index < -0.39 is 35.5 Å². The van der Waals surface area contributed by atoms with Crippen LogP contribution in [0.15, 0.2) is 46.1 Å². The molecular formula is C20H26N4O6. The second kappa shape index (κ2) is 9.70. The highest BCUT2D eigenvalue weighted by Gasteiger charge is 2.39. The average Bonchev–Trinajstić information content (AvgIpc) is 2.73. The number of hydrogen-bond acceptors (Lipinski definition) is 7. The minimum Gasteiger partial charge on any atom is -0.494 e. The number of nitrogens with two attached hydrogens (primary N) is 1. The Kier molecular flexibility index (Phi) is 7.03. The maximum atomic E-state index is 12.5. The van der Waals surface area contributed by atoms with E-state index in [2.05, 4.69) is 10.3 Å². The Morgan fingerprint density at radius 2 is 1.90 bits per heavy atom. The lowest BCUT2D eigenvalue weighted by Gasteiger charge is -2.38. The first kappa shape index (κ1) is 21.8. The molecule has 1 aliphatic rings. The molecule has 1 aromatic heterocycles.